The van der Waals surface area contributed by atoms with Crippen LogP contribution in [0.2, 0.25) is 0 Å². The molecule has 122 valence electrons. The van der Waals surface area contributed by atoms with Gasteiger partial charge >= 0.3 is 5.97 Å². The van der Waals surface area contributed by atoms with Crippen LogP contribution in [0, 0.1) is 5.82 Å². The number of halogens is 2. The Morgan fingerprint density at radius 1 is 1.23 bits per heavy atom. The van der Waals surface area contributed by atoms with Gasteiger partial charge in [-0.2, -0.15) is 0 Å². The third-order valence-corrected chi connectivity index (χ3v) is 3.39. The largest absolute Gasteiger partial charge is 0.481 e. The fraction of sp³-hybridized carbons (Fsp3) is 0.467. The first-order valence-electron chi connectivity index (χ1n) is 7.05. The molecule has 0 radical (unpaired) electrons. The number of hydrogen-bond acceptors (Lipinski definition) is 3. The molecule has 0 fully saturated rings. The summed E-state index contributed by atoms with van der Waals surface area (Å²) in [5, 5.41) is 11.1. The van der Waals surface area contributed by atoms with Crippen molar-refractivity contribution in [2.45, 2.75) is 32.1 Å². The highest BCUT2D eigenvalue weighted by Gasteiger charge is 2.07. The van der Waals surface area contributed by atoms with E-state index in [2.05, 4.69) is 21.2 Å². The Morgan fingerprint density at radius 2 is 1.95 bits per heavy atom. The Bertz CT molecular complexity index is 510. The SMILES string of the molecule is O=C(O)CCCCCCNC(=O)COc1ccc(Br)cc1F. The van der Waals surface area contributed by atoms with Crippen LogP contribution >= 0.6 is 15.9 Å². The maximum Gasteiger partial charge on any atom is 0.303 e. The number of hydrogen-bond donors (Lipinski definition) is 2. The number of ether oxygens (including phenoxy) is 1. The fourth-order valence-corrected chi connectivity index (χ4v) is 2.10. The Hall–Kier alpha value is -1.63. The van der Waals surface area contributed by atoms with Gasteiger partial charge in [0.2, 0.25) is 0 Å². The maximum atomic E-state index is 13.5. The molecule has 0 aromatic heterocycles. The number of carbonyl (C=O) groups excluding carboxylic acids is 1. The number of carboxylic acid groups (broad SMARTS) is 1. The van der Waals surface area contributed by atoms with Crippen LogP contribution in [-0.4, -0.2) is 30.1 Å². The monoisotopic (exact) mass is 375 g/mol. The van der Waals surface area contributed by atoms with Crippen molar-refractivity contribution in [1.82, 2.24) is 5.32 Å². The quantitative estimate of drug-likeness (QED) is 0.616. The lowest BCUT2D eigenvalue weighted by Crippen LogP contribution is -2.29. The number of carbonyl (C=O) groups is 2. The molecule has 0 spiro atoms. The van der Waals surface area contributed by atoms with E-state index in [1.807, 2.05) is 0 Å². The van der Waals surface area contributed by atoms with Crippen LogP contribution in [0.1, 0.15) is 32.1 Å². The van der Waals surface area contributed by atoms with E-state index in [0.29, 0.717) is 17.4 Å². The van der Waals surface area contributed by atoms with E-state index in [-0.39, 0.29) is 24.7 Å². The highest BCUT2D eigenvalue weighted by molar-refractivity contribution is 9.10. The van der Waals surface area contributed by atoms with Gasteiger partial charge in [-0.05, 0) is 31.0 Å². The van der Waals surface area contributed by atoms with Crippen LogP contribution in [0.15, 0.2) is 22.7 Å². The van der Waals surface area contributed by atoms with Crippen molar-refractivity contribution in [3.63, 3.8) is 0 Å². The van der Waals surface area contributed by atoms with Gasteiger partial charge in [-0.15, -0.1) is 0 Å². The molecule has 5 nitrogen and oxygen atoms in total. The van der Waals surface area contributed by atoms with E-state index < -0.39 is 11.8 Å². The predicted octanol–water partition coefficient (Wildman–Crippen LogP) is 3.12. The minimum absolute atomic E-state index is 0.0343. The summed E-state index contributed by atoms with van der Waals surface area (Å²) in [5.74, 6) is -1.59. The van der Waals surface area contributed by atoms with Gasteiger partial charge in [-0.25, -0.2) is 4.39 Å². The highest BCUT2D eigenvalue weighted by atomic mass is 79.9. The van der Waals surface area contributed by atoms with Gasteiger partial charge in [0, 0.05) is 17.4 Å². The van der Waals surface area contributed by atoms with Gasteiger partial charge in [-0.3, -0.25) is 9.59 Å². The van der Waals surface area contributed by atoms with Crippen molar-refractivity contribution in [3.05, 3.63) is 28.5 Å². The van der Waals surface area contributed by atoms with Crippen molar-refractivity contribution in [2.75, 3.05) is 13.2 Å². The molecule has 1 aromatic rings. The molecule has 1 rings (SSSR count). The molecule has 0 saturated heterocycles. The molecule has 1 amide bonds. The van der Waals surface area contributed by atoms with E-state index in [9.17, 15) is 14.0 Å². The van der Waals surface area contributed by atoms with Gasteiger partial charge in [0.05, 0.1) is 0 Å². The van der Waals surface area contributed by atoms with Crippen LogP contribution in [0.4, 0.5) is 4.39 Å². The number of amides is 1. The zero-order valence-corrected chi connectivity index (χ0v) is 13.7. The van der Waals surface area contributed by atoms with Crippen LogP contribution in [0.3, 0.4) is 0 Å². The number of nitrogens with one attached hydrogen (secondary N) is 1. The number of aliphatic carboxylic acids is 1. The molecule has 0 unspecified atom stereocenters. The minimum Gasteiger partial charge on any atom is -0.481 e. The first kappa shape index (κ1) is 18.4. The third-order valence-electron chi connectivity index (χ3n) is 2.89. The van der Waals surface area contributed by atoms with Crippen LogP contribution in [0.25, 0.3) is 0 Å². The molecule has 22 heavy (non-hydrogen) atoms. The molecule has 2 N–H and O–H groups in total. The smallest absolute Gasteiger partial charge is 0.303 e. The number of unbranched alkanes of at least 4 members (excludes halogenated alkanes) is 3. The molecule has 0 atom stereocenters. The molecule has 0 aliphatic carbocycles. The molecule has 7 heteroatoms. The summed E-state index contributed by atoms with van der Waals surface area (Å²) in [6.07, 6.45) is 3.28. The fourth-order valence-electron chi connectivity index (χ4n) is 1.77. The average Bonchev–Trinajstić information content (AvgIpc) is 2.45. The second-order valence-electron chi connectivity index (χ2n) is 4.77. The predicted molar refractivity (Wildman–Crippen MR) is 83.3 cm³/mol. The molecule has 1 aromatic carbocycles. The number of rotatable bonds is 10. The van der Waals surface area contributed by atoms with E-state index >= 15 is 0 Å². The lowest BCUT2D eigenvalue weighted by molar-refractivity contribution is -0.137. The van der Waals surface area contributed by atoms with E-state index in [0.717, 1.165) is 19.3 Å². The number of benzene rings is 1. The van der Waals surface area contributed by atoms with E-state index in [1.165, 1.54) is 12.1 Å². The van der Waals surface area contributed by atoms with E-state index in [4.69, 9.17) is 9.84 Å². The summed E-state index contributed by atoms with van der Waals surface area (Å²) < 4.78 is 19.2. The topological polar surface area (TPSA) is 75.6 Å². The Kier molecular flexibility index (Phi) is 8.50. The third kappa shape index (κ3) is 7.97. The summed E-state index contributed by atoms with van der Waals surface area (Å²) >= 11 is 3.14. The lowest BCUT2D eigenvalue weighted by Gasteiger charge is -2.08. The molecule has 0 heterocycles. The van der Waals surface area contributed by atoms with Gasteiger partial charge in [0.25, 0.3) is 5.91 Å². The zero-order chi connectivity index (χ0) is 16.4. The van der Waals surface area contributed by atoms with Crippen LogP contribution in [0.5, 0.6) is 5.75 Å². The van der Waals surface area contributed by atoms with Gasteiger partial charge in [0.15, 0.2) is 18.2 Å². The first-order chi connectivity index (χ1) is 10.5. The summed E-state index contributed by atoms with van der Waals surface area (Å²) in [6, 6.07) is 4.35. The van der Waals surface area contributed by atoms with Crippen LogP contribution in [-0.2, 0) is 9.59 Å². The van der Waals surface area contributed by atoms with Gasteiger partial charge in [-0.1, -0.05) is 28.8 Å². The molecule has 0 bridgehead atoms. The summed E-state index contributed by atoms with van der Waals surface area (Å²) in [7, 11) is 0. The number of carboxylic acids is 1. The normalized spacial score (nSPS) is 10.3. The average molecular weight is 376 g/mol. The Balaban J connectivity index is 2.10. The molecular weight excluding hydrogens is 357 g/mol. The minimum atomic E-state index is -0.786. The second-order valence-corrected chi connectivity index (χ2v) is 5.69. The molecule has 0 saturated carbocycles. The van der Waals surface area contributed by atoms with Crippen molar-refractivity contribution in [3.8, 4) is 5.75 Å². The van der Waals surface area contributed by atoms with E-state index in [1.54, 1.807) is 6.07 Å². The highest BCUT2D eigenvalue weighted by Crippen LogP contribution is 2.21. The Morgan fingerprint density at radius 3 is 2.64 bits per heavy atom. The van der Waals surface area contributed by atoms with Crippen molar-refractivity contribution < 1.29 is 23.8 Å². The summed E-state index contributed by atoms with van der Waals surface area (Å²) in [4.78, 5) is 21.8. The van der Waals surface area contributed by atoms with Gasteiger partial charge < -0.3 is 15.2 Å². The van der Waals surface area contributed by atoms with Gasteiger partial charge in [0.1, 0.15) is 0 Å². The Labute approximate surface area is 137 Å². The molecule has 0 aliphatic heterocycles. The lowest BCUT2D eigenvalue weighted by atomic mass is 10.1. The zero-order valence-electron chi connectivity index (χ0n) is 12.1. The second kappa shape index (κ2) is 10.2. The maximum absolute atomic E-state index is 13.5. The standard InChI is InChI=1S/C15H19BrFNO4/c16-11-6-7-13(12(17)9-11)22-10-14(19)18-8-4-2-1-3-5-15(20)21/h6-7,9H,1-5,8,10H2,(H,18,19)(H,20,21). The van der Waals surface area contributed by atoms with Crippen molar-refractivity contribution in [1.29, 1.82) is 0 Å². The van der Waals surface area contributed by atoms with Crippen molar-refractivity contribution in [2.24, 2.45) is 0 Å². The molecular formula is C15H19BrFNO4. The summed E-state index contributed by atoms with van der Waals surface area (Å²) in [6.45, 7) is 0.260. The van der Waals surface area contributed by atoms with Crippen LogP contribution < -0.4 is 10.1 Å². The first-order valence-corrected chi connectivity index (χ1v) is 7.84. The summed E-state index contributed by atoms with van der Waals surface area (Å²) in [5.41, 5.74) is 0. The molecule has 0 aliphatic rings. The van der Waals surface area contributed by atoms with Crippen molar-refractivity contribution >= 4 is 27.8 Å².